The van der Waals surface area contributed by atoms with Crippen LogP contribution in [-0.2, 0) is 11.2 Å². The molecule has 2 aromatic carbocycles. The Labute approximate surface area is 124 Å². The van der Waals surface area contributed by atoms with Gasteiger partial charge in [-0.25, -0.2) is 0 Å². The Morgan fingerprint density at radius 1 is 1.14 bits per heavy atom. The van der Waals surface area contributed by atoms with Crippen molar-refractivity contribution in [3.63, 3.8) is 0 Å². The van der Waals surface area contributed by atoms with Gasteiger partial charge < -0.3 is 15.8 Å². The maximum absolute atomic E-state index is 11.9. The van der Waals surface area contributed by atoms with E-state index in [1.807, 2.05) is 24.3 Å². The SMILES string of the molecule is CCc1ccccc1NC(=O)CCOc1ccc(N)cc1. The zero-order valence-electron chi connectivity index (χ0n) is 12.1. The van der Waals surface area contributed by atoms with Gasteiger partial charge in [0.2, 0.25) is 5.91 Å². The number of nitrogens with two attached hydrogens (primary N) is 1. The number of carbonyl (C=O) groups excluding carboxylic acids is 1. The molecule has 2 aromatic rings. The van der Waals surface area contributed by atoms with Gasteiger partial charge in [0.1, 0.15) is 5.75 Å². The van der Waals surface area contributed by atoms with Gasteiger partial charge in [-0.15, -0.1) is 0 Å². The highest BCUT2D eigenvalue weighted by molar-refractivity contribution is 5.91. The first-order chi connectivity index (χ1) is 10.2. The molecule has 0 aliphatic heterocycles. The van der Waals surface area contributed by atoms with Crippen LogP contribution in [0, 0.1) is 0 Å². The zero-order chi connectivity index (χ0) is 15.1. The number of hydrogen-bond donors (Lipinski definition) is 2. The van der Waals surface area contributed by atoms with E-state index in [9.17, 15) is 4.79 Å². The fourth-order valence-corrected chi connectivity index (χ4v) is 1.99. The summed E-state index contributed by atoms with van der Waals surface area (Å²) < 4.78 is 5.51. The first-order valence-corrected chi connectivity index (χ1v) is 7.05. The van der Waals surface area contributed by atoms with Gasteiger partial charge in [-0.2, -0.15) is 0 Å². The van der Waals surface area contributed by atoms with E-state index < -0.39 is 0 Å². The van der Waals surface area contributed by atoms with Crippen molar-refractivity contribution in [3.8, 4) is 5.75 Å². The molecule has 0 radical (unpaired) electrons. The molecule has 21 heavy (non-hydrogen) atoms. The molecule has 0 bridgehead atoms. The maximum atomic E-state index is 11.9. The second-order valence-electron chi connectivity index (χ2n) is 4.73. The van der Waals surface area contributed by atoms with Crippen LogP contribution in [0.5, 0.6) is 5.75 Å². The minimum Gasteiger partial charge on any atom is -0.493 e. The van der Waals surface area contributed by atoms with Crippen LogP contribution >= 0.6 is 0 Å². The predicted octanol–water partition coefficient (Wildman–Crippen LogP) is 3.24. The van der Waals surface area contributed by atoms with Gasteiger partial charge in [0, 0.05) is 11.4 Å². The predicted molar refractivity (Wildman–Crippen MR) is 85.4 cm³/mol. The summed E-state index contributed by atoms with van der Waals surface area (Å²) in [5.74, 6) is 0.664. The summed E-state index contributed by atoms with van der Waals surface area (Å²) in [4.78, 5) is 11.9. The van der Waals surface area contributed by atoms with Crippen LogP contribution in [-0.4, -0.2) is 12.5 Å². The molecule has 0 atom stereocenters. The summed E-state index contributed by atoms with van der Waals surface area (Å²) in [6.07, 6.45) is 1.20. The van der Waals surface area contributed by atoms with E-state index in [4.69, 9.17) is 10.5 Å². The van der Waals surface area contributed by atoms with E-state index >= 15 is 0 Å². The highest BCUT2D eigenvalue weighted by Crippen LogP contribution is 2.16. The van der Waals surface area contributed by atoms with Gasteiger partial charge in [-0.1, -0.05) is 25.1 Å². The average Bonchev–Trinajstić information content (AvgIpc) is 2.50. The van der Waals surface area contributed by atoms with E-state index in [2.05, 4.69) is 12.2 Å². The normalized spacial score (nSPS) is 10.1. The first kappa shape index (κ1) is 14.9. The number of ether oxygens (including phenoxy) is 1. The van der Waals surface area contributed by atoms with Crippen molar-refractivity contribution < 1.29 is 9.53 Å². The quantitative estimate of drug-likeness (QED) is 0.800. The van der Waals surface area contributed by atoms with E-state index in [-0.39, 0.29) is 5.91 Å². The van der Waals surface area contributed by atoms with Crippen molar-refractivity contribution in [2.75, 3.05) is 17.7 Å². The molecule has 0 heterocycles. The fraction of sp³-hybridized carbons (Fsp3) is 0.235. The second kappa shape index (κ2) is 7.33. The van der Waals surface area contributed by atoms with Crippen molar-refractivity contribution in [3.05, 3.63) is 54.1 Å². The monoisotopic (exact) mass is 284 g/mol. The Hall–Kier alpha value is -2.49. The Balaban J connectivity index is 1.81. The van der Waals surface area contributed by atoms with Crippen LogP contribution in [0.15, 0.2) is 48.5 Å². The largest absolute Gasteiger partial charge is 0.493 e. The van der Waals surface area contributed by atoms with Gasteiger partial charge >= 0.3 is 0 Å². The molecule has 2 rings (SSSR count). The standard InChI is InChI=1S/C17H20N2O2/c1-2-13-5-3-4-6-16(13)19-17(20)11-12-21-15-9-7-14(18)8-10-15/h3-10H,2,11-12,18H2,1H3,(H,19,20). The van der Waals surface area contributed by atoms with Crippen molar-refractivity contribution in [2.45, 2.75) is 19.8 Å². The fourth-order valence-electron chi connectivity index (χ4n) is 1.99. The average molecular weight is 284 g/mol. The van der Waals surface area contributed by atoms with Crippen molar-refractivity contribution in [2.24, 2.45) is 0 Å². The van der Waals surface area contributed by atoms with Crippen molar-refractivity contribution >= 4 is 17.3 Å². The Bertz CT molecular complexity index is 594. The molecular weight excluding hydrogens is 264 g/mol. The lowest BCUT2D eigenvalue weighted by atomic mass is 10.1. The van der Waals surface area contributed by atoms with E-state index in [1.165, 1.54) is 0 Å². The van der Waals surface area contributed by atoms with Gasteiger partial charge in [0.15, 0.2) is 0 Å². The van der Waals surface area contributed by atoms with Crippen LogP contribution in [0.1, 0.15) is 18.9 Å². The Morgan fingerprint density at radius 2 is 1.86 bits per heavy atom. The molecule has 110 valence electrons. The lowest BCUT2D eigenvalue weighted by Gasteiger charge is -2.10. The second-order valence-corrected chi connectivity index (χ2v) is 4.73. The minimum atomic E-state index is -0.0497. The van der Waals surface area contributed by atoms with Crippen LogP contribution in [0.2, 0.25) is 0 Å². The summed E-state index contributed by atoms with van der Waals surface area (Å²) in [7, 11) is 0. The number of amides is 1. The van der Waals surface area contributed by atoms with E-state index in [0.717, 1.165) is 17.7 Å². The molecule has 4 heteroatoms. The summed E-state index contributed by atoms with van der Waals surface area (Å²) in [5.41, 5.74) is 8.29. The number of carbonyl (C=O) groups is 1. The lowest BCUT2D eigenvalue weighted by molar-refractivity contribution is -0.116. The summed E-state index contributed by atoms with van der Waals surface area (Å²) in [6.45, 7) is 2.40. The Morgan fingerprint density at radius 3 is 2.57 bits per heavy atom. The van der Waals surface area contributed by atoms with E-state index in [0.29, 0.717) is 24.5 Å². The zero-order valence-corrected chi connectivity index (χ0v) is 12.1. The summed E-state index contributed by atoms with van der Waals surface area (Å²) >= 11 is 0. The summed E-state index contributed by atoms with van der Waals surface area (Å²) in [6, 6.07) is 14.9. The van der Waals surface area contributed by atoms with Gasteiger partial charge in [0.25, 0.3) is 0 Å². The molecule has 0 saturated carbocycles. The molecule has 0 aliphatic carbocycles. The number of benzene rings is 2. The minimum absolute atomic E-state index is 0.0497. The molecule has 0 saturated heterocycles. The van der Waals surface area contributed by atoms with E-state index in [1.54, 1.807) is 24.3 Å². The number of hydrogen-bond acceptors (Lipinski definition) is 3. The van der Waals surface area contributed by atoms with Crippen LogP contribution in [0.3, 0.4) is 0 Å². The highest BCUT2D eigenvalue weighted by atomic mass is 16.5. The third-order valence-electron chi connectivity index (χ3n) is 3.15. The van der Waals surface area contributed by atoms with Crippen molar-refractivity contribution in [1.29, 1.82) is 0 Å². The number of nitrogen functional groups attached to an aromatic ring is 1. The molecule has 0 spiro atoms. The molecule has 3 N–H and O–H groups in total. The molecule has 1 amide bonds. The molecule has 0 unspecified atom stereocenters. The number of rotatable bonds is 6. The third kappa shape index (κ3) is 4.53. The molecule has 0 aromatic heterocycles. The molecular formula is C17H20N2O2. The van der Waals surface area contributed by atoms with Crippen LogP contribution < -0.4 is 15.8 Å². The molecule has 0 aliphatic rings. The number of para-hydroxylation sites is 1. The highest BCUT2D eigenvalue weighted by Gasteiger charge is 2.05. The smallest absolute Gasteiger partial charge is 0.227 e. The van der Waals surface area contributed by atoms with Gasteiger partial charge in [0.05, 0.1) is 13.0 Å². The topological polar surface area (TPSA) is 64.3 Å². The number of anilines is 2. The number of aryl methyl sites for hydroxylation is 1. The molecule has 0 fully saturated rings. The maximum Gasteiger partial charge on any atom is 0.227 e. The Kier molecular flexibility index (Phi) is 5.21. The first-order valence-electron chi connectivity index (χ1n) is 7.05. The van der Waals surface area contributed by atoms with Gasteiger partial charge in [-0.3, -0.25) is 4.79 Å². The molecule has 4 nitrogen and oxygen atoms in total. The third-order valence-corrected chi connectivity index (χ3v) is 3.15. The van der Waals surface area contributed by atoms with Crippen LogP contribution in [0.25, 0.3) is 0 Å². The van der Waals surface area contributed by atoms with Gasteiger partial charge in [-0.05, 0) is 42.3 Å². The summed E-state index contributed by atoms with van der Waals surface area (Å²) in [5, 5.41) is 2.92. The van der Waals surface area contributed by atoms with Crippen LogP contribution in [0.4, 0.5) is 11.4 Å². The lowest BCUT2D eigenvalue weighted by Crippen LogP contribution is -2.16. The van der Waals surface area contributed by atoms with Crippen molar-refractivity contribution in [1.82, 2.24) is 0 Å². The number of nitrogens with one attached hydrogen (secondary N) is 1.